The van der Waals surface area contributed by atoms with Gasteiger partial charge in [0.15, 0.2) is 0 Å². The molecule has 0 radical (unpaired) electrons. The Morgan fingerprint density at radius 2 is 2.19 bits per heavy atom. The molecule has 0 amide bonds. The summed E-state index contributed by atoms with van der Waals surface area (Å²) in [5.41, 5.74) is 0.360. The van der Waals surface area contributed by atoms with Crippen LogP contribution in [0.2, 0.25) is 0 Å². The third kappa shape index (κ3) is 3.61. The first-order valence-electron chi connectivity index (χ1n) is 8.01. The van der Waals surface area contributed by atoms with E-state index in [-0.39, 0.29) is 17.5 Å². The number of rotatable bonds is 6. The minimum Gasteiger partial charge on any atom is -0.376 e. The van der Waals surface area contributed by atoms with Gasteiger partial charge >= 0.3 is 0 Å². The van der Waals surface area contributed by atoms with E-state index in [2.05, 4.69) is 24.1 Å². The zero-order chi connectivity index (χ0) is 15.3. The lowest BCUT2D eigenvalue weighted by molar-refractivity contribution is -0.0767. The fourth-order valence-electron chi connectivity index (χ4n) is 3.35. The highest BCUT2D eigenvalue weighted by Gasteiger charge is 2.43. The molecule has 1 N–H and O–H groups in total. The summed E-state index contributed by atoms with van der Waals surface area (Å²) in [4.78, 5) is 3.87. The van der Waals surface area contributed by atoms with Crippen LogP contribution in [0.25, 0.3) is 0 Å². The van der Waals surface area contributed by atoms with Gasteiger partial charge in [0.05, 0.1) is 17.8 Å². The van der Waals surface area contributed by atoms with E-state index < -0.39 is 0 Å². The quantitative estimate of drug-likeness (QED) is 0.865. The molecule has 1 aromatic heterocycles. The molecule has 1 aliphatic rings. The fourth-order valence-corrected chi connectivity index (χ4v) is 3.35. The predicted octanol–water partition coefficient (Wildman–Crippen LogP) is 3.86. The topological polar surface area (TPSA) is 34.2 Å². The van der Waals surface area contributed by atoms with E-state index in [0.717, 1.165) is 44.6 Å². The lowest BCUT2D eigenvalue weighted by Gasteiger charge is -2.44. The van der Waals surface area contributed by atoms with Crippen LogP contribution in [0.5, 0.6) is 0 Å². The number of hydrogen-bond donors (Lipinski definition) is 1. The minimum absolute atomic E-state index is 0.113. The van der Waals surface area contributed by atoms with Crippen LogP contribution in [0.1, 0.15) is 57.6 Å². The van der Waals surface area contributed by atoms with Crippen LogP contribution >= 0.6 is 0 Å². The van der Waals surface area contributed by atoms with Crippen LogP contribution < -0.4 is 5.32 Å². The molecule has 1 atom stereocenters. The summed E-state index contributed by atoms with van der Waals surface area (Å²) < 4.78 is 20.2. The second-order valence-corrected chi connectivity index (χ2v) is 6.24. The number of hydrogen-bond acceptors (Lipinski definition) is 3. The molecule has 118 valence electrons. The molecule has 1 unspecified atom stereocenters. The number of nitrogens with one attached hydrogen (secondary N) is 1. The zero-order valence-corrected chi connectivity index (χ0v) is 13.4. The molecule has 1 fully saturated rings. The summed E-state index contributed by atoms with van der Waals surface area (Å²) >= 11 is 0. The number of methoxy groups -OCH3 is 1. The third-order valence-corrected chi connectivity index (χ3v) is 4.77. The van der Waals surface area contributed by atoms with Gasteiger partial charge in [0.2, 0.25) is 0 Å². The molecule has 1 aromatic rings. The maximum Gasteiger partial charge on any atom is 0.146 e. The standard InChI is InChI=1S/C17H27FN2O/c1-4-10-20-16(14-7-11-19-12-15(14)18)17(21-3)8-5-13(2)6-9-17/h7,11-13,16,20H,4-6,8-10H2,1-3H3. The molecule has 0 spiro atoms. The van der Waals surface area contributed by atoms with Crippen LogP contribution in [-0.2, 0) is 4.74 Å². The highest BCUT2D eigenvalue weighted by molar-refractivity contribution is 5.22. The van der Waals surface area contributed by atoms with Crippen molar-refractivity contribution in [2.75, 3.05) is 13.7 Å². The third-order valence-electron chi connectivity index (χ3n) is 4.77. The van der Waals surface area contributed by atoms with Gasteiger partial charge in [-0.15, -0.1) is 0 Å². The van der Waals surface area contributed by atoms with Gasteiger partial charge in [-0.2, -0.15) is 0 Å². The maximum atomic E-state index is 14.2. The SMILES string of the molecule is CCCNC(c1ccncc1F)C1(OC)CCC(C)CC1. The van der Waals surface area contributed by atoms with Crippen molar-refractivity contribution < 1.29 is 9.13 Å². The second-order valence-electron chi connectivity index (χ2n) is 6.24. The van der Waals surface area contributed by atoms with Crippen molar-refractivity contribution in [3.8, 4) is 0 Å². The van der Waals surface area contributed by atoms with Crippen molar-refractivity contribution >= 4 is 0 Å². The number of ether oxygens (including phenoxy) is 1. The van der Waals surface area contributed by atoms with E-state index in [1.165, 1.54) is 6.20 Å². The van der Waals surface area contributed by atoms with E-state index in [1.807, 2.05) is 0 Å². The highest BCUT2D eigenvalue weighted by atomic mass is 19.1. The van der Waals surface area contributed by atoms with Gasteiger partial charge in [-0.3, -0.25) is 4.98 Å². The van der Waals surface area contributed by atoms with Gasteiger partial charge in [0.1, 0.15) is 5.82 Å². The Labute approximate surface area is 127 Å². The van der Waals surface area contributed by atoms with Crippen molar-refractivity contribution in [2.24, 2.45) is 5.92 Å². The molecule has 0 aliphatic heterocycles. The number of halogens is 1. The van der Waals surface area contributed by atoms with Gasteiger partial charge in [-0.25, -0.2) is 4.39 Å². The highest BCUT2D eigenvalue weighted by Crippen LogP contribution is 2.43. The Morgan fingerprint density at radius 1 is 1.48 bits per heavy atom. The summed E-state index contributed by atoms with van der Waals surface area (Å²) in [7, 11) is 1.76. The van der Waals surface area contributed by atoms with Crippen molar-refractivity contribution in [3.05, 3.63) is 29.8 Å². The summed E-state index contributed by atoms with van der Waals surface area (Å²) in [6.45, 7) is 5.25. The van der Waals surface area contributed by atoms with Crippen LogP contribution in [0.15, 0.2) is 18.5 Å². The Balaban J connectivity index is 2.32. The van der Waals surface area contributed by atoms with E-state index in [4.69, 9.17) is 4.74 Å². The molecule has 1 saturated carbocycles. The van der Waals surface area contributed by atoms with E-state index >= 15 is 0 Å². The average molecular weight is 294 g/mol. The lowest BCUT2D eigenvalue weighted by atomic mass is 9.73. The van der Waals surface area contributed by atoms with Crippen molar-refractivity contribution in [1.82, 2.24) is 10.3 Å². The molecule has 4 heteroatoms. The van der Waals surface area contributed by atoms with E-state index in [1.54, 1.807) is 19.4 Å². The van der Waals surface area contributed by atoms with Crippen LogP contribution in [0.3, 0.4) is 0 Å². The Hall–Kier alpha value is -1.00. The maximum absolute atomic E-state index is 14.2. The van der Waals surface area contributed by atoms with E-state index in [9.17, 15) is 4.39 Å². The molecular formula is C17H27FN2O. The van der Waals surface area contributed by atoms with Gasteiger partial charge in [-0.05, 0) is 50.6 Å². The molecule has 0 saturated heterocycles. The smallest absolute Gasteiger partial charge is 0.146 e. The van der Waals surface area contributed by atoms with Gasteiger partial charge < -0.3 is 10.1 Å². The Kier molecular flexibility index (Phi) is 5.71. The van der Waals surface area contributed by atoms with Gasteiger partial charge in [0.25, 0.3) is 0 Å². The van der Waals surface area contributed by atoms with Crippen molar-refractivity contribution in [3.63, 3.8) is 0 Å². The second kappa shape index (κ2) is 7.32. The molecule has 3 nitrogen and oxygen atoms in total. The molecule has 0 bridgehead atoms. The monoisotopic (exact) mass is 294 g/mol. The largest absolute Gasteiger partial charge is 0.376 e. The predicted molar refractivity (Wildman–Crippen MR) is 82.6 cm³/mol. The Morgan fingerprint density at radius 3 is 2.76 bits per heavy atom. The normalized spacial score (nSPS) is 27.5. The molecule has 1 heterocycles. The summed E-state index contributed by atoms with van der Waals surface area (Å²) in [5, 5.41) is 3.51. The first kappa shape index (κ1) is 16.4. The van der Waals surface area contributed by atoms with Gasteiger partial charge in [-0.1, -0.05) is 13.8 Å². The molecule has 0 aromatic carbocycles. The summed E-state index contributed by atoms with van der Waals surface area (Å²) in [6, 6.07) is 1.67. The number of aromatic nitrogens is 1. The fraction of sp³-hybridized carbons (Fsp3) is 0.706. The Bertz CT molecular complexity index is 444. The average Bonchev–Trinajstić information content (AvgIpc) is 2.51. The summed E-state index contributed by atoms with van der Waals surface area (Å²) in [5.74, 6) is 0.475. The molecule has 21 heavy (non-hydrogen) atoms. The molecule has 1 aliphatic carbocycles. The number of nitrogens with zero attached hydrogens (tertiary/aromatic N) is 1. The number of pyridine rings is 1. The lowest BCUT2D eigenvalue weighted by Crippen LogP contribution is -2.48. The van der Waals surface area contributed by atoms with Crippen molar-refractivity contribution in [1.29, 1.82) is 0 Å². The van der Waals surface area contributed by atoms with Crippen LogP contribution in [0.4, 0.5) is 4.39 Å². The van der Waals surface area contributed by atoms with Crippen LogP contribution in [0, 0.1) is 11.7 Å². The minimum atomic E-state index is -0.316. The summed E-state index contributed by atoms with van der Waals surface area (Å²) in [6.07, 6.45) is 8.16. The zero-order valence-electron chi connectivity index (χ0n) is 13.4. The van der Waals surface area contributed by atoms with Crippen molar-refractivity contribution in [2.45, 2.75) is 57.6 Å². The van der Waals surface area contributed by atoms with E-state index in [0.29, 0.717) is 5.56 Å². The molecular weight excluding hydrogens is 267 g/mol. The van der Waals surface area contributed by atoms with Gasteiger partial charge in [0, 0.05) is 18.9 Å². The first-order valence-corrected chi connectivity index (χ1v) is 8.01. The first-order chi connectivity index (χ1) is 10.1. The van der Waals surface area contributed by atoms with Crippen LogP contribution in [-0.4, -0.2) is 24.2 Å². The molecule has 2 rings (SSSR count).